The van der Waals surface area contributed by atoms with Crippen LogP contribution in [-0.2, 0) is 0 Å². The van der Waals surface area contributed by atoms with Crippen LogP contribution in [0, 0.1) is 0 Å². The summed E-state index contributed by atoms with van der Waals surface area (Å²) in [6.07, 6.45) is 0. The first-order chi connectivity index (χ1) is 24.8. The fourth-order valence-electron chi connectivity index (χ4n) is 7.96. The Labute approximate surface area is 286 Å². The van der Waals surface area contributed by atoms with E-state index in [9.17, 15) is 0 Å². The molecular weight excluding hydrogens is 613 g/mol. The van der Waals surface area contributed by atoms with Gasteiger partial charge in [-0.1, -0.05) is 109 Å². The minimum atomic E-state index is 0.827. The van der Waals surface area contributed by atoms with Gasteiger partial charge in [0.15, 0.2) is 5.58 Å². The molecule has 0 saturated heterocycles. The van der Waals surface area contributed by atoms with Gasteiger partial charge in [0.05, 0.1) is 27.8 Å². The molecule has 3 aromatic heterocycles. The van der Waals surface area contributed by atoms with Gasteiger partial charge >= 0.3 is 0 Å². The third-order valence-corrected chi connectivity index (χ3v) is 10.1. The van der Waals surface area contributed by atoms with E-state index in [-0.39, 0.29) is 0 Å². The van der Waals surface area contributed by atoms with Gasteiger partial charge in [-0.15, -0.1) is 0 Å². The van der Waals surface area contributed by atoms with Gasteiger partial charge in [0, 0.05) is 38.3 Å². The zero-order valence-corrected chi connectivity index (χ0v) is 26.9. The first-order valence-corrected chi connectivity index (χ1v) is 16.9. The van der Waals surface area contributed by atoms with Gasteiger partial charge in [0.25, 0.3) is 0 Å². The molecule has 4 nitrogen and oxygen atoms in total. The SMILES string of the molecule is c1ccc2cc(N(c3cc(-n4c5ccccc5c5ccccc54)cc4c3oc3ccccc34)c3cccc4oc5ccccc5c34)ccc2c1. The van der Waals surface area contributed by atoms with Gasteiger partial charge < -0.3 is 18.3 Å². The third-order valence-electron chi connectivity index (χ3n) is 10.1. The summed E-state index contributed by atoms with van der Waals surface area (Å²) in [5.41, 5.74) is 9.76. The van der Waals surface area contributed by atoms with Crippen molar-refractivity contribution in [3.05, 3.63) is 170 Å². The summed E-state index contributed by atoms with van der Waals surface area (Å²) in [7, 11) is 0. The summed E-state index contributed by atoms with van der Waals surface area (Å²) in [6, 6.07) is 60.1. The molecule has 8 aromatic carbocycles. The molecule has 0 radical (unpaired) electrons. The molecule has 11 rings (SSSR count). The molecule has 0 aliphatic heterocycles. The van der Waals surface area contributed by atoms with E-state index in [1.807, 2.05) is 18.2 Å². The Bertz CT molecular complexity index is 3070. The zero-order valence-electron chi connectivity index (χ0n) is 26.9. The standard InChI is InChI=1S/C46H28N2O2/c1-2-13-30-26-31(25-24-29(30)12-1)47(40-20-11-23-44-45(40)36-17-6-10-22-43(36)49-44)41-28-32(27-37-35-16-5-9-21-42(35)50-46(37)41)48-38-18-7-3-14-33(38)34-15-4-8-19-39(34)48/h1-28H. The second-order valence-corrected chi connectivity index (χ2v) is 12.9. The Morgan fingerprint density at radius 2 is 1.02 bits per heavy atom. The molecule has 4 heteroatoms. The lowest BCUT2D eigenvalue weighted by Crippen LogP contribution is -2.11. The van der Waals surface area contributed by atoms with Crippen LogP contribution in [0.15, 0.2) is 179 Å². The van der Waals surface area contributed by atoms with Crippen LogP contribution in [0.25, 0.3) is 82.1 Å². The van der Waals surface area contributed by atoms with Crippen molar-refractivity contribution < 1.29 is 8.83 Å². The predicted octanol–water partition coefficient (Wildman–Crippen LogP) is 13.2. The van der Waals surface area contributed by atoms with E-state index in [2.05, 4.69) is 161 Å². The van der Waals surface area contributed by atoms with Crippen LogP contribution in [-0.4, -0.2) is 4.57 Å². The highest BCUT2D eigenvalue weighted by Gasteiger charge is 2.25. The molecule has 11 aromatic rings. The summed E-state index contributed by atoms with van der Waals surface area (Å²) in [4.78, 5) is 2.36. The maximum absolute atomic E-state index is 6.85. The molecule has 0 N–H and O–H groups in total. The first kappa shape index (κ1) is 27.2. The number of aromatic nitrogens is 1. The van der Waals surface area contributed by atoms with Crippen LogP contribution in [0.5, 0.6) is 0 Å². The summed E-state index contributed by atoms with van der Waals surface area (Å²) in [5.74, 6) is 0. The monoisotopic (exact) mass is 640 g/mol. The largest absolute Gasteiger partial charge is 0.456 e. The number of rotatable bonds is 4. The molecule has 0 aliphatic rings. The fourth-order valence-corrected chi connectivity index (χ4v) is 7.96. The van der Waals surface area contributed by atoms with E-state index in [0.29, 0.717) is 0 Å². The topological polar surface area (TPSA) is 34.5 Å². The van der Waals surface area contributed by atoms with E-state index >= 15 is 0 Å². The van der Waals surface area contributed by atoms with Crippen molar-refractivity contribution in [1.29, 1.82) is 0 Å². The van der Waals surface area contributed by atoms with Gasteiger partial charge in [0.2, 0.25) is 0 Å². The van der Waals surface area contributed by atoms with Crippen molar-refractivity contribution in [2.24, 2.45) is 0 Å². The molecule has 3 heterocycles. The van der Waals surface area contributed by atoms with Crippen LogP contribution in [0.4, 0.5) is 17.1 Å². The molecule has 0 amide bonds. The number of hydrogen-bond donors (Lipinski definition) is 0. The molecule has 50 heavy (non-hydrogen) atoms. The normalized spacial score (nSPS) is 12.0. The van der Waals surface area contributed by atoms with E-state index in [4.69, 9.17) is 8.83 Å². The molecular formula is C46H28N2O2. The molecule has 0 spiro atoms. The second kappa shape index (κ2) is 10.4. The molecule has 0 atom stereocenters. The summed E-state index contributed by atoms with van der Waals surface area (Å²) >= 11 is 0. The average molecular weight is 641 g/mol. The molecule has 0 unspecified atom stereocenters. The number of hydrogen-bond acceptors (Lipinski definition) is 3. The fraction of sp³-hybridized carbons (Fsp3) is 0. The Morgan fingerprint density at radius 1 is 0.400 bits per heavy atom. The van der Waals surface area contributed by atoms with Crippen molar-refractivity contribution in [1.82, 2.24) is 4.57 Å². The Balaban J connectivity index is 1.31. The van der Waals surface area contributed by atoms with Crippen molar-refractivity contribution >= 4 is 93.5 Å². The Kier molecular flexibility index (Phi) is 5.63. The number of furan rings is 2. The molecule has 0 aliphatic carbocycles. The van der Waals surface area contributed by atoms with Crippen LogP contribution in [0.2, 0.25) is 0 Å². The maximum atomic E-state index is 6.85. The summed E-state index contributed by atoms with van der Waals surface area (Å²) < 4.78 is 15.7. The Hall–Kier alpha value is -6.78. The molecule has 234 valence electrons. The van der Waals surface area contributed by atoms with Gasteiger partial charge in [-0.05, 0) is 71.4 Å². The molecule has 0 bridgehead atoms. The highest BCUT2D eigenvalue weighted by molar-refractivity contribution is 6.17. The van der Waals surface area contributed by atoms with Crippen molar-refractivity contribution in [2.45, 2.75) is 0 Å². The first-order valence-electron chi connectivity index (χ1n) is 16.9. The minimum Gasteiger partial charge on any atom is -0.456 e. The minimum absolute atomic E-state index is 0.827. The summed E-state index contributed by atoms with van der Waals surface area (Å²) in [6.45, 7) is 0. The van der Waals surface area contributed by atoms with Gasteiger partial charge in [0.1, 0.15) is 16.7 Å². The highest BCUT2D eigenvalue weighted by Crippen LogP contribution is 2.48. The van der Waals surface area contributed by atoms with Gasteiger partial charge in [-0.3, -0.25) is 0 Å². The van der Waals surface area contributed by atoms with Crippen molar-refractivity contribution in [3.63, 3.8) is 0 Å². The zero-order chi connectivity index (χ0) is 32.8. The van der Waals surface area contributed by atoms with E-state index in [1.165, 1.54) is 21.5 Å². The van der Waals surface area contributed by atoms with Crippen LogP contribution in [0.1, 0.15) is 0 Å². The number of benzene rings is 8. The third kappa shape index (κ3) is 3.87. The number of para-hydroxylation sites is 4. The lowest BCUT2D eigenvalue weighted by atomic mass is 10.0. The number of anilines is 3. The highest BCUT2D eigenvalue weighted by atomic mass is 16.3. The van der Waals surface area contributed by atoms with Crippen molar-refractivity contribution in [2.75, 3.05) is 4.90 Å². The maximum Gasteiger partial charge on any atom is 0.159 e. The summed E-state index contributed by atoms with van der Waals surface area (Å²) in [5, 5.41) is 9.08. The quantitative estimate of drug-likeness (QED) is 0.192. The van der Waals surface area contributed by atoms with Gasteiger partial charge in [-0.25, -0.2) is 0 Å². The lowest BCUT2D eigenvalue weighted by Gasteiger charge is -2.27. The predicted molar refractivity (Wildman–Crippen MR) is 208 cm³/mol. The van der Waals surface area contributed by atoms with Crippen LogP contribution in [0.3, 0.4) is 0 Å². The van der Waals surface area contributed by atoms with E-state index in [1.54, 1.807) is 0 Å². The molecule has 0 fully saturated rings. The second-order valence-electron chi connectivity index (χ2n) is 12.9. The van der Waals surface area contributed by atoms with Gasteiger partial charge in [-0.2, -0.15) is 0 Å². The number of fused-ring (bicyclic) bond motifs is 10. The van der Waals surface area contributed by atoms with Crippen LogP contribution >= 0.6 is 0 Å². The van der Waals surface area contributed by atoms with Crippen molar-refractivity contribution in [3.8, 4) is 5.69 Å². The average Bonchev–Trinajstić information content (AvgIpc) is 3.85. The van der Waals surface area contributed by atoms with E-state index < -0.39 is 0 Å². The van der Waals surface area contributed by atoms with Crippen LogP contribution < -0.4 is 4.90 Å². The number of nitrogens with zero attached hydrogens (tertiary/aromatic N) is 2. The lowest BCUT2D eigenvalue weighted by molar-refractivity contribution is 0.668. The Morgan fingerprint density at radius 3 is 1.80 bits per heavy atom. The van der Waals surface area contributed by atoms with E-state index in [0.717, 1.165) is 77.7 Å². The molecule has 0 saturated carbocycles. The smallest absolute Gasteiger partial charge is 0.159 e.